The highest BCUT2D eigenvalue weighted by molar-refractivity contribution is 5.88. The molecule has 0 unspecified atom stereocenters. The molecule has 0 bridgehead atoms. The van der Waals surface area contributed by atoms with Crippen LogP contribution in [0.15, 0.2) is 41.3 Å². The summed E-state index contributed by atoms with van der Waals surface area (Å²) in [6.45, 7) is 3.72. The van der Waals surface area contributed by atoms with Crippen LogP contribution in [0.1, 0.15) is 53.1 Å². The van der Waals surface area contributed by atoms with Gasteiger partial charge in [-0.15, -0.1) is 0 Å². The molecule has 1 aliphatic rings. The van der Waals surface area contributed by atoms with Crippen LogP contribution in [0, 0.1) is 19.8 Å². The number of alkyl halides is 2. The van der Waals surface area contributed by atoms with Crippen molar-refractivity contribution in [2.75, 3.05) is 0 Å². The zero-order chi connectivity index (χ0) is 24.0. The number of fused-ring (bicyclic) bond motifs is 1. The summed E-state index contributed by atoms with van der Waals surface area (Å²) >= 11 is 0. The van der Waals surface area contributed by atoms with E-state index in [9.17, 15) is 18.7 Å². The summed E-state index contributed by atoms with van der Waals surface area (Å²) in [5.74, 6) is -2.23. The van der Waals surface area contributed by atoms with E-state index in [0.29, 0.717) is 36.5 Å². The van der Waals surface area contributed by atoms with Crippen molar-refractivity contribution in [1.82, 2.24) is 19.7 Å². The average molecular weight is 466 g/mol. The zero-order valence-electron chi connectivity index (χ0n) is 18.9. The predicted octanol–water partition coefficient (Wildman–Crippen LogP) is 5.76. The minimum absolute atomic E-state index is 0.0862. The fourth-order valence-corrected chi connectivity index (χ4v) is 4.81. The van der Waals surface area contributed by atoms with Gasteiger partial charge in [-0.2, -0.15) is 0 Å². The largest absolute Gasteiger partial charge is 0.478 e. The van der Waals surface area contributed by atoms with Gasteiger partial charge in [0.1, 0.15) is 17.2 Å². The van der Waals surface area contributed by atoms with Gasteiger partial charge in [0, 0.05) is 47.9 Å². The number of halogens is 2. The number of pyridine rings is 2. The fourth-order valence-electron chi connectivity index (χ4n) is 4.81. The van der Waals surface area contributed by atoms with Gasteiger partial charge in [0.15, 0.2) is 0 Å². The lowest BCUT2D eigenvalue weighted by molar-refractivity contribution is -0.0456. The molecule has 4 aromatic heterocycles. The first kappa shape index (κ1) is 22.2. The first-order chi connectivity index (χ1) is 16.2. The molecule has 0 saturated heterocycles. The molecule has 0 aliphatic heterocycles. The second-order valence-electron chi connectivity index (χ2n) is 9.03. The number of hydrogen-bond acceptors (Lipinski definition) is 5. The molecule has 7 nitrogen and oxygen atoms in total. The fraction of sp³-hybridized carbons (Fsp3) is 0.360. The van der Waals surface area contributed by atoms with Crippen LogP contribution >= 0.6 is 0 Å². The van der Waals surface area contributed by atoms with Crippen molar-refractivity contribution in [2.45, 2.75) is 51.9 Å². The summed E-state index contributed by atoms with van der Waals surface area (Å²) in [4.78, 5) is 20.2. The van der Waals surface area contributed by atoms with Crippen LogP contribution in [0.2, 0.25) is 0 Å². The Labute approximate surface area is 194 Å². The second-order valence-corrected chi connectivity index (χ2v) is 9.03. The number of carboxylic acids is 1. The molecule has 1 fully saturated rings. The van der Waals surface area contributed by atoms with Gasteiger partial charge in [-0.1, -0.05) is 5.16 Å². The average Bonchev–Trinajstić information content (AvgIpc) is 3.34. The maximum atomic E-state index is 13.7. The van der Waals surface area contributed by atoms with Crippen molar-refractivity contribution in [2.24, 2.45) is 5.92 Å². The van der Waals surface area contributed by atoms with Gasteiger partial charge < -0.3 is 9.63 Å². The minimum atomic E-state index is -2.57. The van der Waals surface area contributed by atoms with Crippen LogP contribution in [0.3, 0.4) is 0 Å². The SMILES string of the molecule is Cc1noc(C)c1-c1cnc2c(c1)c(CC1CCC(F)(F)CC1)cn2-c1ccc(C(=O)O)cn1. The molecule has 4 heterocycles. The monoisotopic (exact) mass is 466 g/mol. The number of aryl methyl sites for hydroxylation is 2. The molecule has 34 heavy (non-hydrogen) atoms. The number of nitrogens with zero attached hydrogens (tertiary/aromatic N) is 4. The summed E-state index contributed by atoms with van der Waals surface area (Å²) in [5, 5.41) is 14.1. The molecular formula is C25H24F2N4O3. The lowest BCUT2D eigenvalue weighted by Crippen LogP contribution is -2.25. The summed E-state index contributed by atoms with van der Waals surface area (Å²) in [5.41, 5.74) is 4.27. The van der Waals surface area contributed by atoms with Gasteiger partial charge >= 0.3 is 5.97 Å². The predicted molar refractivity (Wildman–Crippen MR) is 121 cm³/mol. The highest BCUT2D eigenvalue weighted by Gasteiger charge is 2.35. The molecule has 0 atom stereocenters. The molecule has 0 radical (unpaired) electrons. The van der Waals surface area contributed by atoms with Gasteiger partial charge in [0.25, 0.3) is 0 Å². The van der Waals surface area contributed by atoms with Gasteiger partial charge in [0.2, 0.25) is 5.92 Å². The normalized spacial score (nSPS) is 16.2. The summed E-state index contributed by atoms with van der Waals surface area (Å²) < 4.78 is 34.5. The van der Waals surface area contributed by atoms with Crippen LogP contribution < -0.4 is 0 Å². The van der Waals surface area contributed by atoms with E-state index in [2.05, 4.69) is 10.1 Å². The van der Waals surface area contributed by atoms with E-state index >= 15 is 0 Å². The van der Waals surface area contributed by atoms with Crippen LogP contribution in [0.5, 0.6) is 0 Å². The van der Waals surface area contributed by atoms with Gasteiger partial charge in [-0.05, 0) is 62.8 Å². The number of carboxylic acid groups (broad SMARTS) is 1. The summed E-state index contributed by atoms with van der Waals surface area (Å²) in [7, 11) is 0. The minimum Gasteiger partial charge on any atom is -0.478 e. The molecule has 1 saturated carbocycles. The summed E-state index contributed by atoms with van der Waals surface area (Å²) in [6, 6.07) is 5.17. The Kier molecular flexibility index (Phi) is 5.42. The third-order valence-electron chi connectivity index (χ3n) is 6.63. The van der Waals surface area contributed by atoms with Crippen LogP contribution in [-0.2, 0) is 6.42 Å². The molecule has 5 rings (SSSR count). The molecule has 9 heteroatoms. The summed E-state index contributed by atoms with van der Waals surface area (Å²) in [6.07, 6.45) is 6.43. The second kappa shape index (κ2) is 8.30. The van der Waals surface area contributed by atoms with Gasteiger partial charge in [0.05, 0.1) is 11.3 Å². The maximum Gasteiger partial charge on any atom is 0.337 e. The first-order valence-electron chi connectivity index (χ1n) is 11.2. The first-order valence-corrected chi connectivity index (χ1v) is 11.2. The van der Waals surface area contributed by atoms with E-state index in [1.165, 1.54) is 12.3 Å². The topological polar surface area (TPSA) is 94.0 Å². The smallest absolute Gasteiger partial charge is 0.337 e. The molecule has 1 N–H and O–H groups in total. The van der Waals surface area contributed by atoms with Crippen molar-refractivity contribution in [3.8, 4) is 16.9 Å². The Hall–Kier alpha value is -3.62. The van der Waals surface area contributed by atoms with Crippen molar-refractivity contribution in [3.63, 3.8) is 0 Å². The number of rotatable bonds is 5. The lowest BCUT2D eigenvalue weighted by Gasteiger charge is -2.28. The zero-order valence-corrected chi connectivity index (χ0v) is 18.9. The quantitative estimate of drug-likeness (QED) is 0.402. The highest BCUT2D eigenvalue weighted by atomic mass is 19.3. The van der Waals surface area contributed by atoms with Crippen molar-refractivity contribution in [1.29, 1.82) is 0 Å². The van der Waals surface area contributed by atoms with Gasteiger partial charge in [-0.25, -0.2) is 23.5 Å². The van der Waals surface area contributed by atoms with Crippen LogP contribution in [0.4, 0.5) is 8.78 Å². The van der Waals surface area contributed by atoms with E-state index in [4.69, 9.17) is 9.51 Å². The standard InChI is InChI=1S/C25H24F2N4O3/c1-14-22(15(2)34-30-14)18-10-20-19(9-16-5-7-25(26,27)8-6-16)13-31(23(20)29-12-18)21-4-3-17(11-28-21)24(32)33/h3-4,10-13,16H,5-9H2,1-2H3,(H,32,33). The lowest BCUT2D eigenvalue weighted by atomic mass is 9.83. The molecule has 1 aliphatic carbocycles. The number of carbonyl (C=O) groups is 1. The van der Waals surface area contributed by atoms with Crippen molar-refractivity contribution >= 4 is 17.0 Å². The Bertz CT molecular complexity index is 1350. The van der Waals surface area contributed by atoms with Gasteiger partial charge in [-0.3, -0.25) is 4.57 Å². The maximum absolute atomic E-state index is 13.7. The third-order valence-corrected chi connectivity index (χ3v) is 6.63. The van der Waals surface area contributed by atoms with E-state index in [0.717, 1.165) is 27.8 Å². The Morgan fingerprint density at radius 3 is 2.59 bits per heavy atom. The molecule has 0 spiro atoms. The Morgan fingerprint density at radius 2 is 1.97 bits per heavy atom. The van der Waals surface area contributed by atoms with E-state index in [-0.39, 0.29) is 24.3 Å². The van der Waals surface area contributed by atoms with Crippen LogP contribution in [0.25, 0.3) is 28.0 Å². The number of aromatic nitrogens is 4. The molecular weight excluding hydrogens is 442 g/mol. The van der Waals surface area contributed by atoms with Crippen molar-refractivity contribution in [3.05, 3.63) is 59.4 Å². The Balaban J connectivity index is 1.59. The third kappa shape index (κ3) is 4.06. The molecule has 0 aromatic carbocycles. The van der Waals surface area contributed by atoms with E-state index in [1.54, 1.807) is 12.3 Å². The van der Waals surface area contributed by atoms with Crippen LogP contribution in [-0.4, -0.2) is 36.7 Å². The molecule has 176 valence electrons. The highest BCUT2D eigenvalue weighted by Crippen LogP contribution is 2.39. The van der Waals surface area contributed by atoms with E-state index in [1.807, 2.05) is 30.7 Å². The molecule has 0 amide bonds. The Morgan fingerprint density at radius 1 is 1.21 bits per heavy atom. The number of hydrogen-bond donors (Lipinski definition) is 1. The van der Waals surface area contributed by atoms with E-state index < -0.39 is 11.9 Å². The van der Waals surface area contributed by atoms with Crippen molar-refractivity contribution < 1.29 is 23.2 Å². The number of aromatic carboxylic acids is 1. The molecule has 4 aromatic rings.